The number of aliphatic hydroxyl groups excluding tert-OH is 1. The first-order chi connectivity index (χ1) is 7.67. The summed E-state index contributed by atoms with van der Waals surface area (Å²) in [6.45, 7) is 9.63. The molecule has 0 aromatic heterocycles. The largest absolute Gasteiger partial charge is 0.444 e. The van der Waals surface area contributed by atoms with E-state index in [0.717, 1.165) is 19.3 Å². The maximum absolute atomic E-state index is 12.2. The maximum atomic E-state index is 12.2. The number of likely N-dealkylation sites (tertiary alicyclic amines) is 1. The monoisotopic (exact) mass is 243 g/mol. The molecule has 1 saturated heterocycles. The minimum absolute atomic E-state index is 0.00265. The van der Waals surface area contributed by atoms with Crippen LogP contribution in [0.3, 0.4) is 0 Å². The number of ether oxygens (including phenoxy) is 1. The third-order valence-electron chi connectivity index (χ3n) is 3.14. The van der Waals surface area contributed by atoms with Gasteiger partial charge in [-0.15, -0.1) is 0 Å². The fraction of sp³-hybridized carbons (Fsp3) is 0.923. The lowest BCUT2D eigenvalue weighted by Gasteiger charge is -2.47. The van der Waals surface area contributed by atoms with E-state index in [1.807, 2.05) is 34.6 Å². The van der Waals surface area contributed by atoms with Crippen LogP contribution in [0.25, 0.3) is 0 Å². The highest BCUT2D eigenvalue weighted by Crippen LogP contribution is 2.32. The van der Waals surface area contributed by atoms with Crippen molar-refractivity contribution in [2.75, 3.05) is 6.61 Å². The highest BCUT2D eigenvalue weighted by Gasteiger charge is 2.41. The second kappa shape index (κ2) is 4.84. The van der Waals surface area contributed by atoms with Gasteiger partial charge in [0.2, 0.25) is 0 Å². The smallest absolute Gasteiger partial charge is 0.411 e. The highest BCUT2D eigenvalue weighted by atomic mass is 16.6. The van der Waals surface area contributed by atoms with E-state index in [-0.39, 0.29) is 24.3 Å². The van der Waals surface area contributed by atoms with Crippen molar-refractivity contribution in [3.05, 3.63) is 0 Å². The number of amides is 1. The van der Waals surface area contributed by atoms with Gasteiger partial charge in [0, 0.05) is 5.54 Å². The third-order valence-corrected chi connectivity index (χ3v) is 3.14. The Labute approximate surface area is 104 Å². The van der Waals surface area contributed by atoms with Crippen LogP contribution in [0.4, 0.5) is 4.79 Å². The minimum atomic E-state index is -0.495. The summed E-state index contributed by atoms with van der Waals surface area (Å²) in [5.74, 6) is 0. The fourth-order valence-corrected chi connectivity index (χ4v) is 2.39. The Bertz CT molecular complexity index is 281. The molecule has 1 heterocycles. The summed E-state index contributed by atoms with van der Waals surface area (Å²) >= 11 is 0. The van der Waals surface area contributed by atoms with Crippen LogP contribution in [0.5, 0.6) is 0 Å². The lowest BCUT2D eigenvalue weighted by Crippen LogP contribution is -2.58. The second-order valence-corrected chi connectivity index (χ2v) is 6.39. The average Bonchev–Trinajstić information content (AvgIpc) is 2.12. The molecule has 17 heavy (non-hydrogen) atoms. The second-order valence-electron chi connectivity index (χ2n) is 6.39. The van der Waals surface area contributed by atoms with E-state index in [1.165, 1.54) is 0 Å². The first kappa shape index (κ1) is 14.3. The van der Waals surface area contributed by atoms with Crippen LogP contribution in [-0.2, 0) is 4.74 Å². The number of carbonyl (C=O) groups excluding carboxylic acids is 1. The molecule has 1 amide bonds. The number of aliphatic hydroxyl groups is 1. The van der Waals surface area contributed by atoms with E-state index in [0.29, 0.717) is 0 Å². The van der Waals surface area contributed by atoms with E-state index in [9.17, 15) is 9.90 Å². The first-order valence-electron chi connectivity index (χ1n) is 6.30. The molecule has 0 radical (unpaired) electrons. The van der Waals surface area contributed by atoms with E-state index in [4.69, 9.17) is 4.74 Å². The van der Waals surface area contributed by atoms with Gasteiger partial charge in [-0.25, -0.2) is 4.79 Å². The Morgan fingerprint density at radius 2 is 2.06 bits per heavy atom. The summed E-state index contributed by atoms with van der Waals surface area (Å²) in [6, 6.07) is -0.117. The molecule has 1 fully saturated rings. The summed E-state index contributed by atoms with van der Waals surface area (Å²) in [5, 5.41) is 9.39. The van der Waals surface area contributed by atoms with Gasteiger partial charge in [-0.05, 0) is 53.9 Å². The van der Waals surface area contributed by atoms with Crippen molar-refractivity contribution in [1.29, 1.82) is 0 Å². The van der Waals surface area contributed by atoms with E-state index < -0.39 is 5.60 Å². The van der Waals surface area contributed by atoms with Crippen molar-refractivity contribution in [2.24, 2.45) is 0 Å². The van der Waals surface area contributed by atoms with Gasteiger partial charge >= 0.3 is 6.09 Å². The molecule has 100 valence electrons. The first-order valence-corrected chi connectivity index (χ1v) is 6.30. The molecule has 1 aliphatic rings. The highest BCUT2D eigenvalue weighted by molar-refractivity contribution is 5.69. The number of hydrogen-bond acceptors (Lipinski definition) is 3. The predicted molar refractivity (Wildman–Crippen MR) is 66.9 cm³/mol. The minimum Gasteiger partial charge on any atom is -0.444 e. The van der Waals surface area contributed by atoms with Crippen LogP contribution in [0.2, 0.25) is 0 Å². The summed E-state index contributed by atoms with van der Waals surface area (Å²) in [7, 11) is 0. The van der Waals surface area contributed by atoms with Crippen LogP contribution < -0.4 is 0 Å². The predicted octanol–water partition coefficient (Wildman–Crippen LogP) is 2.55. The van der Waals surface area contributed by atoms with Gasteiger partial charge in [-0.3, -0.25) is 4.90 Å². The molecule has 1 N–H and O–H groups in total. The Morgan fingerprint density at radius 3 is 2.53 bits per heavy atom. The number of hydrogen-bond donors (Lipinski definition) is 1. The lowest BCUT2D eigenvalue weighted by atomic mass is 9.87. The number of carbonyl (C=O) groups is 1. The van der Waals surface area contributed by atoms with Crippen LogP contribution >= 0.6 is 0 Å². The third kappa shape index (κ3) is 3.60. The average molecular weight is 243 g/mol. The standard InChI is InChI=1S/C13H25NO3/c1-12(2,3)17-11(16)14-10(9-15)7-6-8-13(14,4)5/h10,15H,6-9H2,1-5H3/t10-/m1/s1. The van der Waals surface area contributed by atoms with Crippen LogP contribution in [0, 0.1) is 0 Å². The van der Waals surface area contributed by atoms with Gasteiger partial charge in [-0.1, -0.05) is 0 Å². The van der Waals surface area contributed by atoms with Crippen molar-refractivity contribution in [1.82, 2.24) is 4.90 Å². The molecule has 0 spiro atoms. The zero-order chi connectivity index (χ0) is 13.3. The Morgan fingerprint density at radius 1 is 1.47 bits per heavy atom. The van der Waals surface area contributed by atoms with Crippen molar-refractivity contribution < 1.29 is 14.6 Å². The summed E-state index contributed by atoms with van der Waals surface area (Å²) in [6.07, 6.45) is 2.51. The maximum Gasteiger partial charge on any atom is 0.411 e. The Balaban J connectivity index is 2.85. The van der Waals surface area contributed by atoms with Gasteiger partial charge in [0.15, 0.2) is 0 Å². The topological polar surface area (TPSA) is 49.8 Å². The molecule has 0 aromatic rings. The van der Waals surface area contributed by atoms with E-state index >= 15 is 0 Å². The molecule has 1 aliphatic heterocycles. The number of rotatable bonds is 1. The van der Waals surface area contributed by atoms with Crippen LogP contribution in [-0.4, -0.2) is 39.9 Å². The molecule has 0 saturated carbocycles. The van der Waals surface area contributed by atoms with Crippen molar-refractivity contribution in [3.8, 4) is 0 Å². The number of piperidine rings is 1. The van der Waals surface area contributed by atoms with Gasteiger partial charge in [0.1, 0.15) is 5.60 Å². The molecule has 1 atom stereocenters. The van der Waals surface area contributed by atoms with E-state index in [2.05, 4.69) is 0 Å². The van der Waals surface area contributed by atoms with Crippen molar-refractivity contribution in [2.45, 2.75) is 71.1 Å². The number of nitrogens with zero attached hydrogens (tertiary/aromatic N) is 1. The van der Waals surface area contributed by atoms with Gasteiger partial charge in [0.05, 0.1) is 12.6 Å². The zero-order valence-electron chi connectivity index (χ0n) is 11.6. The van der Waals surface area contributed by atoms with Crippen LogP contribution in [0.1, 0.15) is 53.9 Å². The summed E-state index contributed by atoms with van der Waals surface area (Å²) in [5.41, 5.74) is -0.738. The van der Waals surface area contributed by atoms with Crippen molar-refractivity contribution >= 4 is 6.09 Å². The molecule has 4 heteroatoms. The molecular formula is C13H25NO3. The SMILES string of the molecule is CC(C)(C)OC(=O)N1[C@@H](CO)CCCC1(C)C. The Kier molecular flexibility index (Phi) is 4.07. The molecule has 4 nitrogen and oxygen atoms in total. The van der Waals surface area contributed by atoms with Gasteiger partial charge < -0.3 is 9.84 Å². The van der Waals surface area contributed by atoms with E-state index in [1.54, 1.807) is 4.90 Å². The molecule has 0 unspecified atom stereocenters. The van der Waals surface area contributed by atoms with Crippen molar-refractivity contribution in [3.63, 3.8) is 0 Å². The molecule has 0 bridgehead atoms. The molecule has 0 aliphatic carbocycles. The molecule has 0 aromatic carbocycles. The molecular weight excluding hydrogens is 218 g/mol. The van der Waals surface area contributed by atoms with Gasteiger partial charge in [0.25, 0.3) is 0 Å². The lowest BCUT2D eigenvalue weighted by molar-refractivity contribution is -0.0367. The normalized spacial score (nSPS) is 24.6. The quantitative estimate of drug-likeness (QED) is 0.770. The zero-order valence-corrected chi connectivity index (χ0v) is 11.6. The molecule has 1 rings (SSSR count). The van der Waals surface area contributed by atoms with Gasteiger partial charge in [-0.2, -0.15) is 0 Å². The fourth-order valence-electron chi connectivity index (χ4n) is 2.39. The Hall–Kier alpha value is -0.770. The summed E-state index contributed by atoms with van der Waals surface area (Å²) in [4.78, 5) is 13.9. The summed E-state index contributed by atoms with van der Waals surface area (Å²) < 4.78 is 5.42. The van der Waals surface area contributed by atoms with Crippen LogP contribution in [0.15, 0.2) is 0 Å².